The number of thiophene rings is 1. The first-order valence-corrected chi connectivity index (χ1v) is 6.71. The van der Waals surface area contributed by atoms with Crippen molar-refractivity contribution in [1.29, 1.82) is 0 Å². The van der Waals surface area contributed by atoms with Crippen molar-refractivity contribution < 1.29 is 14.3 Å². The Morgan fingerprint density at radius 2 is 2.12 bits per heavy atom. The molecule has 4 nitrogen and oxygen atoms in total. The molecule has 0 unspecified atom stereocenters. The fourth-order valence-electron chi connectivity index (χ4n) is 1.38. The third kappa shape index (κ3) is 5.81. The van der Waals surface area contributed by atoms with Crippen LogP contribution in [0.1, 0.15) is 19.4 Å². The molecule has 1 aromatic heterocycles. The molecule has 0 bridgehead atoms. The van der Waals surface area contributed by atoms with Crippen LogP contribution < -0.4 is 5.32 Å². The van der Waals surface area contributed by atoms with Crippen LogP contribution in [-0.4, -0.2) is 32.0 Å². The molecule has 0 aliphatic heterocycles. The van der Waals surface area contributed by atoms with Crippen LogP contribution >= 0.6 is 11.3 Å². The molecule has 1 N–H and O–H groups in total. The molecule has 0 spiro atoms. The third-order valence-electron chi connectivity index (χ3n) is 2.12. The number of carbonyl (C=O) groups excluding carboxylic acids is 1. The molecule has 0 radical (unpaired) electrons. The molecule has 1 rings (SSSR count). The van der Waals surface area contributed by atoms with Crippen LogP contribution in [0, 0.1) is 0 Å². The van der Waals surface area contributed by atoms with Gasteiger partial charge in [0.1, 0.15) is 0 Å². The fourth-order valence-corrected chi connectivity index (χ4v) is 2.04. The summed E-state index contributed by atoms with van der Waals surface area (Å²) in [7, 11) is 0. The van der Waals surface area contributed by atoms with Gasteiger partial charge in [0.05, 0.1) is 13.0 Å². The lowest BCUT2D eigenvalue weighted by molar-refractivity contribution is -0.140. The Morgan fingerprint density at radius 3 is 2.65 bits per heavy atom. The minimum atomic E-state index is -0.351. The first-order valence-electron chi connectivity index (χ1n) is 5.77. The van der Waals surface area contributed by atoms with Gasteiger partial charge in [0.15, 0.2) is 6.29 Å². The van der Waals surface area contributed by atoms with Crippen molar-refractivity contribution >= 4 is 17.2 Å². The Bertz CT molecular complexity index is 308. The van der Waals surface area contributed by atoms with Gasteiger partial charge in [0.2, 0.25) is 5.91 Å². The maximum atomic E-state index is 11.6. The standard InChI is InChI=1S/C12H19NO3S/c1-3-15-12(16-4-2)8-13-11(14)7-10-5-6-17-9-10/h5-6,9,12H,3-4,7-8H2,1-2H3,(H,13,14). The Kier molecular flexibility index (Phi) is 6.84. The fraction of sp³-hybridized carbons (Fsp3) is 0.583. The maximum absolute atomic E-state index is 11.6. The van der Waals surface area contributed by atoms with E-state index in [0.717, 1.165) is 5.56 Å². The van der Waals surface area contributed by atoms with Crippen LogP contribution in [0.3, 0.4) is 0 Å². The molecular formula is C12H19NO3S. The van der Waals surface area contributed by atoms with Crippen molar-refractivity contribution in [3.05, 3.63) is 22.4 Å². The Hall–Kier alpha value is -0.910. The number of carbonyl (C=O) groups is 1. The van der Waals surface area contributed by atoms with Gasteiger partial charge in [-0.05, 0) is 36.2 Å². The zero-order valence-corrected chi connectivity index (χ0v) is 11.1. The summed E-state index contributed by atoms with van der Waals surface area (Å²) < 4.78 is 10.7. The molecule has 96 valence electrons. The minimum absolute atomic E-state index is 0.00666. The van der Waals surface area contributed by atoms with Gasteiger partial charge in [-0.25, -0.2) is 0 Å². The summed E-state index contributed by atoms with van der Waals surface area (Å²) in [6.45, 7) is 5.35. The highest BCUT2D eigenvalue weighted by molar-refractivity contribution is 7.07. The lowest BCUT2D eigenvalue weighted by Crippen LogP contribution is -2.36. The molecule has 1 heterocycles. The van der Waals surface area contributed by atoms with E-state index in [1.54, 1.807) is 11.3 Å². The van der Waals surface area contributed by atoms with E-state index in [4.69, 9.17) is 9.47 Å². The molecule has 0 atom stereocenters. The van der Waals surface area contributed by atoms with Crippen molar-refractivity contribution in [2.24, 2.45) is 0 Å². The highest BCUT2D eigenvalue weighted by atomic mass is 32.1. The van der Waals surface area contributed by atoms with E-state index >= 15 is 0 Å². The smallest absolute Gasteiger partial charge is 0.224 e. The van der Waals surface area contributed by atoms with Crippen LogP contribution in [0.2, 0.25) is 0 Å². The van der Waals surface area contributed by atoms with E-state index in [-0.39, 0.29) is 12.2 Å². The number of hydrogen-bond acceptors (Lipinski definition) is 4. The summed E-state index contributed by atoms with van der Waals surface area (Å²) in [5.74, 6) is -0.00666. The quantitative estimate of drug-likeness (QED) is 0.722. The van der Waals surface area contributed by atoms with Crippen LogP contribution in [0.15, 0.2) is 16.8 Å². The predicted octanol–water partition coefficient (Wildman–Crippen LogP) is 1.81. The van der Waals surface area contributed by atoms with Crippen molar-refractivity contribution in [2.45, 2.75) is 26.6 Å². The summed E-state index contributed by atoms with van der Waals surface area (Å²) >= 11 is 1.59. The van der Waals surface area contributed by atoms with Crippen LogP contribution in [-0.2, 0) is 20.7 Å². The number of amides is 1. The summed E-state index contributed by atoms with van der Waals surface area (Å²) in [5.41, 5.74) is 1.04. The molecule has 5 heteroatoms. The number of rotatable bonds is 8. The van der Waals surface area contributed by atoms with Gasteiger partial charge >= 0.3 is 0 Å². The molecule has 1 aromatic rings. The summed E-state index contributed by atoms with van der Waals surface area (Å²) in [4.78, 5) is 11.6. The van der Waals surface area contributed by atoms with E-state index in [0.29, 0.717) is 26.2 Å². The Labute approximate surface area is 106 Å². The zero-order valence-electron chi connectivity index (χ0n) is 10.3. The number of ether oxygens (including phenoxy) is 2. The Morgan fingerprint density at radius 1 is 1.41 bits per heavy atom. The van der Waals surface area contributed by atoms with Gasteiger partial charge in [-0.3, -0.25) is 4.79 Å². The van der Waals surface area contributed by atoms with Gasteiger partial charge in [-0.2, -0.15) is 11.3 Å². The van der Waals surface area contributed by atoms with Gasteiger partial charge in [-0.1, -0.05) is 0 Å². The lowest BCUT2D eigenvalue weighted by atomic mass is 10.2. The van der Waals surface area contributed by atoms with E-state index in [2.05, 4.69) is 5.32 Å². The van der Waals surface area contributed by atoms with Crippen molar-refractivity contribution in [1.82, 2.24) is 5.32 Å². The average molecular weight is 257 g/mol. The van der Waals surface area contributed by atoms with E-state index in [9.17, 15) is 4.79 Å². The van der Waals surface area contributed by atoms with Gasteiger partial charge in [0.25, 0.3) is 0 Å². The SMILES string of the molecule is CCOC(CNC(=O)Cc1ccsc1)OCC. The van der Waals surface area contributed by atoms with E-state index in [1.165, 1.54) is 0 Å². The molecule has 0 fully saturated rings. The van der Waals surface area contributed by atoms with Crippen LogP contribution in [0.4, 0.5) is 0 Å². The molecule has 0 saturated carbocycles. The van der Waals surface area contributed by atoms with E-state index < -0.39 is 0 Å². The summed E-state index contributed by atoms with van der Waals surface area (Å²) in [6.07, 6.45) is 0.0606. The summed E-state index contributed by atoms with van der Waals surface area (Å²) in [5, 5.41) is 6.74. The molecule has 1 amide bonds. The second kappa shape index (κ2) is 8.22. The van der Waals surface area contributed by atoms with Gasteiger partial charge in [-0.15, -0.1) is 0 Å². The lowest BCUT2D eigenvalue weighted by Gasteiger charge is -2.17. The molecule has 0 aromatic carbocycles. The van der Waals surface area contributed by atoms with E-state index in [1.807, 2.05) is 30.7 Å². The predicted molar refractivity (Wildman–Crippen MR) is 68.1 cm³/mol. The van der Waals surface area contributed by atoms with Crippen molar-refractivity contribution in [3.63, 3.8) is 0 Å². The zero-order chi connectivity index (χ0) is 12.5. The molecule has 17 heavy (non-hydrogen) atoms. The minimum Gasteiger partial charge on any atom is -0.351 e. The Balaban J connectivity index is 2.25. The highest BCUT2D eigenvalue weighted by Gasteiger charge is 2.10. The number of nitrogens with one attached hydrogen (secondary N) is 1. The number of hydrogen-bond donors (Lipinski definition) is 1. The van der Waals surface area contributed by atoms with Gasteiger partial charge < -0.3 is 14.8 Å². The maximum Gasteiger partial charge on any atom is 0.224 e. The normalized spacial score (nSPS) is 10.8. The largest absolute Gasteiger partial charge is 0.351 e. The second-order valence-corrected chi connectivity index (χ2v) is 4.23. The topological polar surface area (TPSA) is 47.6 Å². The van der Waals surface area contributed by atoms with Crippen LogP contribution in [0.5, 0.6) is 0 Å². The van der Waals surface area contributed by atoms with Crippen molar-refractivity contribution in [3.8, 4) is 0 Å². The third-order valence-corrected chi connectivity index (χ3v) is 2.85. The second-order valence-electron chi connectivity index (χ2n) is 3.45. The summed E-state index contributed by atoms with van der Waals surface area (Å²) in [6, 6.07) is 1.95. The molecule has 0 saturated heterocycles. The average Bonchev–Trinajstić information content (AvgIpc) is 2.79. The first kappa shape index (κ1) is 14.2. The first-order chi connectivity index (χ1) is 8.26. The molecular weight excluding hydrogens is 238 g/mol. The van der Waals surface area contributed by atoms with Gasteiger partial charge in [0, 0.05) is 13.2 Å². The molecule has 0 aliphatic carbocycles. The van der Waals surface area contributed by atoms with Crippen LogP contribution in [0.25, 0.3) is 0 Å². The monoisotopic (exact) mass is 257 g/mol. The van der Waals surface area contributed by atoms with Crippen molar-refractivity contribution in [2.75, 3.05) is 19.8 Å². The highest BCUT2D eigenvalue weighted by Crippen LogP contribution is 2.06. The molecule has 0 aliphatic rings.